The lowest BCUT2D eigenvalue weighted by Crippen LogP contribution is -2.37. The Hall–Kier alpha value is -2.28. The Balaban J connectivity index is 1.53. The van der Waals surface area contributed by atoms with E-state index in [0.717, 1.165) is 23.0 Å². The number of carbonyl (C=O) groups excluding carboxylic acids is 1. The van der Waals surface area contributed by atoms with Gasteiger partial charge in [-0.15, -0.1) is 11.3 Å². The predicted octanol–water partition coefficient (Wildman–Crippen LogP) is 2.36. The largest absolute Gasteiger partial charge is 0.496 e. The number of aromatic nitrogens is 1. The van der Waals surface area contributed by atoms with E-state index in [1.807, 2.05) is 29.6 Å². The van der Waals surface area contributed by atoms with Gasteiger partial charge >= 0.3 is 6.09 Å². The van der Waals surface area contributed by atoms with Crippen molar-refractivity contribution < 1.29 is 14.3 Å². The van der Waals surface area contributed by atoms with Crippen molar-refractivity contribution in [3.63, 3.8) is 0 Å². The first-order chi connectivity index (χ1) is 11.3. The summed E-state index contributed by atoms with van der Waals surface area (Å²) in [5, 5.41) is 2.94. The maximum Gasteiger partial charge on any atom is 0.410 e. The third kappa shape index (κ3) is 2.50. The molecule has 6 nitrogen and oxygen atoms in total. The van der Waals surface area contributed by atoms with Gasteiger partial charge < -0.3 is 14.4 Å². The number of rotatable bonds is 4. The van der Waals surface area contributed by atoms with Gasteiger partial charge in [-0.3, -0.25) is 4.90 Å². The van der Waals surface area contributed by atoms with E-state index in [9.17, 15) is 4.79 Å². The van der Waals surface area contributed by atoms with Crippen LogP contribution in [-0.4, -0.2) is 48.3 Å². The molecule has 2 fully saturated rings. The first kappa shape index (κ1) is 14.3. The van der Waals surface area contributed by atoms with Crippen LogP contribution in [0.5, 0.6) is 5.75 Å². The van der Waals surface area contributed by atoms with Gasteiger partial charge in [0.15, 0.2) is 5.13 Å². The zero-order chi connectivity index (χ0) is 15.8. The van der Waals surface area contributed by atoms with Crippen LogP contribution in [0.25, 0.3) is 0 Å². The van der Waals surface area contributed by atoms with Crippen molar-refractivity contribution in [2.24, 2.45) is 0 Å². The molecule has 0 saturated carbocycles. The molecule has 1 aromatic heterocycles. The molecular formula is C16H17N3O3S. The standard InChI is InChI=1S/C16H17N3O3S/c1-21-13-5-3-2-4-11(13)8-19-12-9-18(15-17-6-7-23-15)10-14(12)22-16(19)20/h2-7,12,14H,8-10H2,1H3/t12-,14+/m0/s1. The first-order valence-electron chi connectivity index (χ1n) is 7.50. The highest BCUT2D eigenvalue weighted by Crippen LogP contribution is 2.33. The van der Waals surface area contributed by atoms with Gasteiger partial charge in [0.2, 0.25) is 0 Å². The number of fused-ring (bicyclic) bond motifs is 1. The lowest BCUT2D eigenvalue weighted by Gasteiger charge is -2.23. The van der Waals surface area contributed by atoms with Gasteiger partial charge in [-0.05, 0) is 6.07 Å². The van der Waals surface area contributed by atoms with E-state index >= 15 is 0 Å². The molecule has 0 N–H and O–H groups in total. The molecular weight excluding hydrogens is 314 g/mol. The van der Waals surface area contributed by atoms with Crippen molar-refractivity contribution in [1.82, 2.24) is 9.88 Å². The predicted molar refractivity (Wildman–Crippen MR) is 86.9 cm³/mol. The highest BCUT2D eigenvalue weighted by atomic mass is 32.1. The van der Waals surface area contributed by atoms with Crippen molar-refractivity contribution >= 4 is 22.6 Å². The maximum atomic E-state index is 12.2. The number of nitrogens with zero attached hydrogens (tertiary/aromatic N) is 3. The summed E-state index contributed by atoms with van der Waals surface area (Å²) in [4.78, 5) is 20.5. The van der Waals surface area contributed by atoms with Gasteiger partial charge in [0, 0.05) is 23.7 Å². The Morgan fingerprint density at radius 3 is 3.04 bits per heavy atom. The van der Waals surface area contributed by atoms with E-state index in [0.29, 0.717) is 13.1 Å². The molecule has 2 aliphatic rings. The number of ether oxygens (including phenoxy) is 2. The summed E-state index contributed by atoms with van der Waals surface area (Å²) in [6.45, 7) is 1.95. The zero-order valence-electron chi connectivity index (χ0n) is 12.7. The zero-order valence-corrected chi connectivity index (χ0v) is 13.5. The first-order valence-corrected chi connectivity index (χ1v) is 8.38. The van der Waals surface area contributed by atoms with Gasteiger partial charge in [0.1, 0.15) is 11.9 Å². The molecule has 2 aliphatic heterocycles. The number of anilines is 1. The van der Waals surface area contributed by atoms with Gasteiger partial charge in [-0.25, -0.2) is 9.78 Å². The topological polar surface area (TPSA) is 54.9 Å². The van der Waals surface area contributed by atoms with E-state index in [2.05, 4.69) is 9.88 Å². The highest BCUT2D eigenvalue weighted by Gasteiger charge is 2.48. The highest BCUT2D eigenvalue weighted by molar-refractivity contribution is 7.13. The molecule has 3 heterocycles. The van der Waals surface area contributed by atoms with E-state index in [1.165, 1.54) is 0 Å². The van der Waals surface area contributed by atoms with Crippen LogP contribution >= 0.6 is 11.3 Å². The smallest absolute Gasteiger partial charge is 0.410 e. The van der Waals surface area contributed by atoms with Gasteiger partial charge in [-0.2, -0.15) is 0 Å². The fourth-order valence-electron chi connectivity index (χ4n) is 3.23. The van der Waals surface area contributed by atoms with Gasteiger partial charge in [-0.1, -0.05) is 18.2 Å². The van der Waals surface area contributed by atoms with E-state index in [1.54, 1.807) is 29.5 Å². The number of carbonyl (C=O) groups is 1. The number of thiazole rings is 1. The Bertz CT molecular complexity index is 706. The Labute approximate surface area is 138 Å². The summed E-state index contributed by atoms with van der Waals surface area (Å²) in [6, 6.07) is 7.81. The van der Waals surface area contributed by atoms with E-state index in [-0.39, 0.29) is 18.2 Å². The lowest BCUT2D eigenvalue weighted by atomic mass is 10.1. The molecule has 0 unspecified atom stereocenters. The van der Waals surface area contributed by atoms with Crippen molar-refractivity contribution in [3.05, 3.63) is 41.4 Å². The van der Waals surface area contributed by atoms with Crippen LogP contribution in [-0.2, 0) is 11.3 Å². The SMILES string of the molecule is COc1ccccc1CN1C(=O)O[C@@H]2CN(c3nccs3)C[C@@H]21. The molecule has 2 aromatic rings. The molecule has 1 aromatic carbocycles. The lowest BCUT2D eigenvalue weighted by molar-refractivity contribution is 0.135. The minimum absolute atomic E-state index is 0.0521. The van der Waals surface area contributed by atoms with Gasteiger partial charge in [0.05, 0.1) is 26.2 Å². The molecule has 0 aliphatic carbocycles. The average molecular weight is 331 g/mol. The molecule has 0 spiro atoms. The molecule has 23 heavy (non-hydrogen) atoms. The Morgan fingerprint density at radius 2 is 2.26 bits per heavy atom. The normalized spacial score (nSPS) is 23.1. The maximum absolute atomic E-state index is 12.2. The molecule has 2 saturated heterocycles. The minimum Gasteiger partial charge on any atom is -0.496 e. The summed E-state index contributed by atoms with van der Waals surface area (Å²) in [5.74, 6) is 0.790. The average Bonchev–Trinajstić information content (AvgIpc) is 3.26. The van der Waals surface area contributed by atoms with Crippen molar-refractivity contribution in [2.45, 2.75) is 18.7 Å². The quantitative estimate of drug-likeness (QED) is 0.861. The second-order valence-electron chi connectivity index (χ2n) is 5.65. The van der Waals surface area contributed by atoms with E-state index in [4.69, 9.17) is 9.47 Å². The van der Waals surface area contributed by atoms with Crippen LogP contribution in [0.3, 0.4) is 0 Å². The number of methoxy groups -OCH3 is 1. The van der Waals surface area contributed by atoms with Gasteiger partial charge in [0.25, 0.3) is 0 Å². The Kier molecular flexibility index (Phi) is 3.57. The van der Waals surface area contributed by atoms with Crippen LogP contribution in [0.1, 0.15) is 5.56 Å². The van der Waals surface area contributed by atoms with Crippen LogP contribution in [0, 0.1) is 0 Å². The molecule has 1 amide bonds. The molecule has 0 bridgehead atoms. The summed E-state index contributed by atoms with van der Waals surface area (Å²) >= 11 is 1.61. The minimum atomic E-state index is -0.246. The molecule has 4 rings (SSSR count). The van der Waals surface area contributed by atoms with Crippen molar-refractivity contribution in [1.29, 1.82) is 0 Å². The summed E-state index contributed by atoms with van der Waals surface area (Å²) < 4.78 is 10.9. The number of para-hydroxylation sites is 1. The Morgan fingerprint density at radius 1 is 1.39 bits per heavy atom. The fraction of sp³-hybridized carbons (Fsp3) is 0.375. The van der Waals surface area contributed by atoms with Crippen LogP contribution < -0.4 is 9.64 Å². The molecule has 7 heteroatoms. The second-order valence-corrected chi connectivity index (χ2v) is 6.52. The van der Waals surface area contributed by atoms with Crippen LogP contribution in [0.4, 0.5) is 9.93 Å². The third-order valence-corrected chi connectivity index (χ3v) is 5.18. The third-order valence-electron chi connectivity index (χ3n) is 4.35. The monoisotopic (exact) mass is 331 g/mol. The number of hydrogen-bond acceptors (Lipinski definition) is 6. The fourth-order valence-corrected chi connectivity index (χ4v) is 3.89. The van der Waals surface area contributed by atoms with E-state index < -0.39 is 0 Å². The number of hydrogen-bond donors (Lipinski definition) is 0. The number of benzene rings is 1. The second kappa shape index (κ2) is 5.73. The van der Waals surface area contributed by atoms with Crippen LogP contribution in [0.15, 0.2) is 35.8 Å². The number of amides is 1. The molecule has 0 radical (unpaired) electrons. The summed E-state index contributed by atoms with van der Waals surface area (Å²) in [6.07, 6.45) is 1.46. The molecule has 120 valence electrons. The van der Waals surface area contributed by atoms with Crippen molar-refractivity contribution in [3.8, 4) is 5.75 Å². The summed E-state index contributed by atoms with van der Waals surface area (Å²) in [5.41, 5.74) is 0.986. The van der Waals surface area contributed by atoms with Crippen LogP contribution in [0.2, 0.25) is 0 Å². The summed E-state index contributed by atoms with van der Waals surface area (Å²) in [7, 11) is 1.64. The molecule has 2 atom stereocenters. The van der Waals surface area contributed by atoms with Crippen molar-refractivity contribution in [2.75, 3.05) is 25.1 Å².